The Bertz CT molecular complexity index is 761. The second kappa shape index (κ2) is 3.71. The minimum atomic E-state index is -0.704. The topological polar surface area (TPSA) is 76.5 Å². The molecule has 1 aromatic heterocycles. The number of nitrogens with zero attached hydrogens (tertiary/aromatic N) is 2. The zero-order valence-electron chi connectivity index (χ0n) is 9.98. The standard InChI is InChI=1S/C12H8N2O4S2/c15-5-1-2-6-7(3-5)20-9(13-6)10-14-12(4-19-10)8-11(16-8)17-18-12/h1-3,8,11,15H,4H2. The first-order valence-corrected chi connectivity index (χ1v) is 7.86. The fraction of sp³-hybridized carbons (Fsp3) is 0.333. The van der Waals surface area contributed by atoms with Crippen LogP contribution >= 0.6 is 23.1 Å². The molecule has 0 aliphatic carbocycles. The molecule has 1 N–H and O–H groups in total. The summed E-state index contributed by atoms with van der Waals surface area (Å²) < 4.78 is 6.27. The van der Waals surface area contributed by atoms with Gasteiger partial charge in [0, 0.05) is 0 Å². The molecule has 102 valence electrons. The molecule has 2 fully saturated rings. The molecule has 6 nitrogen and oxygen atoms in total. The van der Waals surface area contributed by atoms with Crippen molar-refractivity contribution in [1.82, 2.24) is 4.98 Å². The van der Waals surface area contributed by atoms with E-state index in [1.807, 2.05) is 0 Å². The van der Waals surface area contributed by atoms with Gasteiger partial charge in [-0.05, 0) is 18.2 Å². The van der Waals surface area contributed by atoms with Gasteiger partial charge in [0.1, 0.15) is 15.8 Å². The molecule has 20 heavy (non-hydrogen) atoms. The molecule has 8 heteroatoms. The molecule has 0 radical (unpaired) electrons. The number of aliphatic imine (C=N–C) groups is 1. The lowest BCUT2D eigenvalue weighted by atomic mass is 10.2. The highest BCUT2D eigenvalue weighted by Gasteiger charge is 2.66. The zero-order chi connectivity index (χ0) is 13.3. The van der Waals surface area contributed by atoms with Gasteiger partial charge in [-0.3, -0.25) is 0 Å². The predicted octanol–water partition coefficient (Wildman–Crippen LogP) is 1.88. The Hall–Kier alpha value is -1.19. The third kappa shape index (κ3) is 1.51. The number of phenolic OH excluding ortho intramolecular Hbond substituents is 1. The average Bonchev–Trinajstić information content (AvgIpc) is 2.83. The van der Waals surface area contributed by atoms with Crippen LogP contribution in [0.4, 0.5) is 0 Å². The lowest BCUT2D eigenvalue weighted by Gasteiger charge is -2.15. The molecule has 2 saturated heterocycles. The summed E-state index contributed by atoms with van der Waals surface area (Å²) in [6.07, 6.45) is -0.350. The van der Waals surface area contributed by atoms with Crippen LogP contribution in [-0.4, -0.2) is 39.0 Å². The number of benzene rings is 1. The average molecular weight is 308 g/mol. The van der Waals surface area contributed by atoms with Gasteiger partial charge in [0.2, 0.25) is 12.0 Å². The Morgan fingerprint density at radius 2 is 2.35 bits per heavy atom. The molecule has 1 aromatic carbocycles. The number of hydrogen-bond acceptors (Lipinski definition) is 8. The minimum absolute atomic E-state index is 0.0917. The van der Waals surface area contributed by atoms with Crippen molar-refractivity contribution in [3.05, 3.63) is 23.2 Å². The van der Waals surface area contributed by atoms with Crippen molar-refractivity contribution < 1.29 is 19.6 Å². The van der Waals surface area contributed by atoms with Gasteiger partial charge >= 0.3 is 0 Å². The molecule has 3 aliphatic heterocycles. The molecule has 3 atom stereocenters. The van der Waals surface area contributed by atoms with Crippen molar-refractivity contribution in [1.29, 1.82) is 0 Å². The highest BCUT2D eigenvalue weighted by Crippen LogP contribution is 2.49. The number of thioether (sulfide) groups is 1. The number of thiazole rings is 1. The smallest absolute Gasteiger partial charge is 0.234 e. The molecular weight excluding hydrogens is 300 g/mol. The quantitative estimate of drug-likeness (QED) is 0.640. The van der Waals surface area contributed by atoms with Gasteiger partial charge in [0.15, 0.2) is 6.10 Å². The second-order valence-electron chi connectivity index (χ2n) is 4.83. The highest BCUT2D eigenvalue weighted by atomic mass is 32.2. The fourth-order valence-corrected chi connectivity index (χ4v) is 4.57. The van der Waals surface area contributed by atoms with E-state index < -0.39 is 5.72 Å². The molecule has 0 bridgehead atoms. The summed E-state index contributed by atoms with van der Waals surface area (Å²) in [5.74, 6) is 0.914. The monoisotopic (exact) mass is 308 g/mol. The van der Waals surface area contributed by atoms with Crippen molar-refractivity contribution in [2.75, 3.05) is 5.75 Å². The maximum absolute atomic E-state index is 9.50. The maximum atomic E-state index is 9.50. The second-order valence-corrected chi connectivity index (χ2v) is 6.82. The van der Waals surface area contributed by atoms with Gasteiger partial charge in [-0.2, -0.15) is 9.78 Å². The van der Waals surface area contributed by atoms with Crippen molar-refractivity contribution >= 4 is 38.4 Å². The first-order chi connectivity index (χ1) is 9.73. The third-order valence-corrected chi connectivity index (χ3v) is 5.71. The lowest BCUT2D eigenvalue weighted by Crippen LogP contribution is -2.33. The van der Waals surface area contributed by atoms with Gasteiger partial charge in [-0.15, -0.1) is 11.3 Å². The van der Waals surface area contributed by atoms with E-state index in [0.29, 0.717) is 5.75 Å². The zero-order valence-corrected chi connectivity index (χ0v) is 11.6. The van der Waals surface area contributed by atoms with Crippen molar-refractivity contribution in [3.8, 4) is 5.75 Å². The first kappa shape index (κ1) is 11.5. The maximum Gasteiger partial charge on any atom is 0.234 e. The first-order valence-electron chi connectivity index (χ1n) is 6.06. The van der Waals surface area contributed by atoms with Crippen LogP contribution in [0.3, 0.4) is 0 Å². The molecule has 2 aromatic rings. The van der Waals surface area contributed by atoms with Gasteiger partial charge in [-0.1, -0.05) is 11.8 Å². The Balaban J connectivity index is 1.57. The number of hydrogen-bond donors (Lipinski definition) is 1. The Labute approximate surface area is 121 Å². The van der Waals surface area contributed by atoms with Crippen LogP contribution in [-0.2, 0) is 14.5 Å². The van der Waals surface area contributed by atoms with E-state index in [0.717, 1.165) is 20.3 Å². The van der Waals surface area contributed by atoms with Crippen LogP contribution in [0.5, 0.6) is 5.75 Å². The molecule has 4 heterocycles. The molecule has 3 unspecified atom stereocenters. The van der Waals surface area contributed by atoms with E-state index >= 15 is 0 Å². The number of ether oxygens (including phenoxy) is 1. The van der Waals surface area contributed by atoms with E-state index in [1.165, 1.54) is 11.3 Å². The number of aromatic hydroxyl groups is 1. The van der Waals surface area contributed by atoms with E-state index in [4.69, 9.17) is 14.5 Å². The molecule has 0 amide bonds. The molecular formula is C12H8N2O4S2. The Morgan fingerprint density at radius 1 is 1.40 bits per heavy atom. The number of fused-ring (bicyclic) bond motifs is 3. The summed E-state index contributed by atoms with van der Waals surface area (Å²) in [6.45, 7) is 0. The van der Waals surface area contributed by atoms with E-state index in [2.05, 4.69) is 9.98 Å². The van der Waals surface area contributed by atoms with Crippen molar-refractivity contribution in [2.45, 2.75) is 18.1 Å². The summed E-state index contributed by atoms with van der Waals surface area (Å²) in [5.41, 5.74) is 0.154. The third-order valence-electron chi connectivity index (χ3n) is 3.44. The van der Waals surface area contributed by atoms with Crippen molar-refractivity contribution in [2.24, 2.45) is 4.99 Å². The van der Waals surface area contributed by atoms with Crippen LogP contribution in [0.15, 0.2) is 23.2 Å². The SMILES string of the molecule is Oc1ccc2nc(C3=NC4(CS3)OOC3OC34)sc2c1. The normalized spacial score (nSPS) is 34.7. The summed E-state index contributed by atoms with van der Waals surface area (Å²) in [5, 5.41) is 11.2. The molecule has 0 saturated carbocycles. The summed E-state index contributed by atoms with van der Waals surface area (Å²) in [6, 6.07) is 5.14. The van der Waals surface area contributed by atoms with Crippen LogP contribution in [0.25, 0.3) is 10.2 Å². The van der Waals surface area contributed by atoms with E-state index in [-0.39, 0.29) is 18.1 Å². The van der Waals surface area contributed by atoms with Gasteiger partial charge in [0.25, 0.3) is 0 Å². The Morgan fingerprint density at radius 3 is 3.15 bits per heavy atom. The number of phenols is 1. The summed E-state index contributed by atoms with van der Waals surface area (Å²) in [4.78, 5) is 19.5. The van der Waals surface area contributed by atoms with Crippen LogP contribution in [0.2, 0.25) is 0 Å². The van der Waals surface area contributed by atoms with Gasteiger partial charge in [-0.25, -0.2) is 9.98 Å². The number of epoxide rings is 1. The van der Waals surface area contributed by atoms with E-state index in [9.17, 15) is 5.11 Å². The lowest BCUT2D eigenvalue weighted by molar-refractivity contribution is -0.356. The molecule has 5 rings (SSSR count). The van der Waals surface area contributed by atoms with Crippen LogP contribution < -0.4 is 0 Å². The van der Waals surface area contributed by atoms with Crippen LogP contribution in [0, 0.1) is 0 Å². The van der Waals surface area contributed by atoms with Crippen LogP contribution in [0.1, 0.15) is 5.01 Å². The van der Waals surface area contributed by atoms with E-state index in [1.54, 1.807) is 30.0 Å². The summed E-state index contributed by atoms with van der Waals surface area (Å²) >= 11 is 3.10. The van der Waals surface area contributed by atoms with Crippen molar-refractivity contribution in [3.63, 3.8) is 0 Å². The van der Waals surface area contributed by atoms with Gasteiger partial charge < -0.3 is 9.84 Å². The largest absolute Gasteiger partial charge is 0.508 e. The number of aromatic nitrogens is 1. The minimum Gasteiger partial charge on any atom is -0.508 e. The Kier molecular flexibility index (Phi) is 2.13. The fourth-order valence-electron chi connectivity index (χ4n) is 2.38. The molecule has 3 aliphatic rings. The van der Waals surface area contributed by atoms with Gasteiger partial charge in [0.05, 0.1) is 16.0 Å². The molecule has 1 spiro atoms. The predicted molar refractivity (Wildman–Crippen MR) is 73.8 cm³/mol. The summed E-state index contributed by atoms with van der Waals surface area (Å²) in [7, 11) is 0. The highest BCUT2D eigenvalue weighted by molar-refractivity contribution is 8.15. The number of rotatable bonds is 1.